The maximum Gasteiger partial charge on any atom is 0.256 e. The molecule has 1 aromatic heterocycles. The van der Waals surface area contributed by atoms with E-state index in [-0.39, 0.29) is 12.5 Å². The Labute approximate surface area is 205 Å². The Hall–Kier alpha value is -3.72. The fourth-order valence-electron chi connectivity index (χ4n) is 4.79. The lowest BCUT2D eigenvalue weighted by molar-refractivity contribution is 0.102. The molecular weight excluding hydrogens is 446 g/mol. The van der Waals surface area contributed by atoms with Crippen LogP contribution in [0.4, 0.5) is 11.5 Å². The number of aromatic nitrogens is 2. The van der Waals surface area contributed by atoms with Gasteiger partial charge in [-0.2, -0.15) is 0 Å². The summed E-state index contributed by atoms with van der Waals surface area (Å²) in [4.78, 5) is 17.7. The molecule has 0 aliphatic carbocycles. The van der Waals surface area contributed by atoms with E-state index in [4.69, 9.17) is 14.2 Å². The van der Waals surface area contributed by atoms with Crippen LogP contribution in [0, 0.1) is 0 Å². The van der Waals surface area contributed by atoms with Crippen molar-refractivity contribution < 1.29 is 19.0 Å². The van der Waals surface area contributed by atoms with Crippen LogP contribution in [-0.4, -0.2) is 67.4 Å². The molecule has 35 heavy (non-hydrogen) atoms. The van der Waals surface area contributed by atoms with Gasteiger partial charge in [0.1, 0.15) is 23.9 Å². The molecule has 2 N–H and O–H groups in total. The van der Waals surface area contributed by atoms with E-state index in [9.17, 15) is 4.79 Å². The van der Waals surface area contributed by atoms with Crippen LogP contribution < -0.4 is 24.4 Å². The number of ether oxygens (including phenoxy) is 3. The third-order valence-corrected chi connectivity index (χ3v) is 6.68. The summed E-state index contributed by atoms with van der Waals surface area (Å²) in [6.07, 6.45) is 2.58. The van der Waals surface area contributed by atoms with Gasteiger partial charge in [0.15, 0.2) is 0 Å². The highest BCUT2D eigenvalue weighted by atomic mass is 16.5. The maximum absolute atomic E-state index is 12.7. The predicted octanol–water partition coefficient (Wildman–Crippen LogP) is 3.54. The average Bonchev–Trinajstić information content (AvgIpc) is 3.56. The Morgan fingerprint density at radius 2 is 1.83 bits per heavy atom. The number of hydrogen-bond acceptors (Lipinski definition) is 7. The Balaban J connectivity index is 1.15. The van der Waals surface area contributed by atoms with E-state index in [1.54, 1.807) is 26.4 Å². The Morgan fingerprint density at radius 3 is 2.57 bits per heavy atom. The first-order chi connectivity index (χ1) is 17.1. The molecule has 2 fully saturated rings. The summed E-state index contributed by atoms with van der Waals surface area (Å²) >= 11 is 0. The summed E-state index contributed by atoms with van der Waals surface area (Å²) in [6.45, 7) is 4.71. The fraction of sp³-hybridized carbons (Fsp3) is 0.385. The van der Waals surface area contributed by atoms with Crippen molar-refractivity contribution in [3.8, 4) is 17.4 Å². The first-order valence-electron chi connectivity index (χ1n) is 11.9. The topological polar surface area (TPSA) is 92.0 Å². The minimum Gasteiger partial charge on any atom is -0.497 e. The van der Waals surface area contributed by atoms with Crippen molar-refractivity contribution in [2.24, 2.45) is 0 Å². The summed E-state index contributed by atoms with van der Waals surface area (Å²) in [5.74, 6) is 2.01. The van der Waals surface area contributed by atoms with Crippen LogP contribution in [0.15, 0.2) is 48.5 Å². The highest BCUT2D eigenvalue weighted by Gasteiger charge is 2.30. The molecule has 9 heteroatoms. The van der Waals surface area contributed by atoms with Crippen molar-refractivity contribution in [2.75, 3.05) is 50.6 Å². The summed E-state index contributed by atoms with van der Waals surface area (Å²) in [5.41, 5.74) is 2.64. The van der Waals surface area contributed by atoms with Gasteiger partial charge in [-0.1, -0.05) is 0 Å². The number of carbonyl (C=O) groups is 1. The molecule has 5 rings (SSSR count). The maximum atomic E-state index is 12.7. The van der Waals surface area contributed by atoms with Gasteiger partial charge >= 0.3 is 0 Å². The molecule has 2 aliphatic rings. The number of methoxy groups -OCH3 is 2. The van der Waals surface area contributed by atoms with Crippen molar-refractivity contribution in [3.63, 3.8) is 0 Å². The second kappa shape index (κ2) is 10.3. The third kappa shape index (κ3) is 5.35. The van der Waals surface area contributed by atoms with Crippen molar-refractivity contribution in [2.45, 2.75) is 25.5 Å². The van der Waals surface area contributed by atoms with E-state index in [2.05, 4.69) is 25.3 Å². The number of carbonyl (C=O) groups excluding carboxylic acids is 1. The van der Waals surface area contributed by atoms with Gasteiger partial charge in [-0.05, 0) is 61.3 Å². The van der Waals surface area contributed by atoms with Crippen LogP contribution in [0.3, 0.4) is 0 Å². The van der Waals surface area contributed by atoms with Crippen molar-refractivity contribution in [1.29, 1.82) is 0 Å². The van der Waals surface area contributed by atoms with Gasteiger partial charge in [0.25, 0.3) is 5.91 Å². The van der Waals surface area contributed by atoms with Gasteiger partial charge in [-0.15, -0.1) is 5.10 Å². The third-order valence-electron chi connectivity index (χ3n) is 6.68. The molecule has 3 heterocycles. The van der Waals surface area contributed by atoms with Crippen LogP contribution in [0.5, 0.6) is 17.4 Å². The second-order valence-electron chi connectivity index (χ2n) is 8.91. The fourth-order valence-corrected chi connectivity index (χ4v) is 4.79. The first-order valence-corrected chi connectivity index (χ1v) is 11.9. The molecule has 3 aromatic rings. The number of fused-ring (bicyclic) bond motifs is 1. The molecule has 2 aromatic carbocycles. The molecule has 2 aliphatic heterocycles. The minimum absolute atomic E-state index is 0.204. The first kappa shape index (κ1) is 23.0. The summed E-state index contributed by atoms with van der Waals surface area (Å²) in [5, 5.41) is 9.78. The van der Waals surface area contributed by atoms with E-state index < -0.39 is 0 Å². The zero-order valence-electron chi connectivity index (χ0n) is 20.1. The number of hydrogen-bond donors (Lipinski definition) is 2. The number of nitrogens with one attached hydrogen (secondary N) is 2. The molecule has 0 radical (unpaired) electrons. The molecule has 0 saturated carbocycles. The predicted molar refractivity (Wildman–Crippen MR) is 134 cm³/mol. The van der Waals surface area contributed by atoms with Crippen LogP contribution in [0.2, 0.25) is 0 Å². The highest BCUT2D eigenvalue weighted by molar-refractivity contribution is 6.04. The van der Waals surface area contributed by atoms with Crippen LogP contribution >= 0.6 is 0 Å². The molecule has 0 spiro atoms. The van der Waals surface area contributed by atoms with Crippen molar-refractivity contribution in [3.05, 3.63) is 59.7 Å². The Bertz CT molecular complexity index is 1140. The average molecular weight is 478 g/mol. The number of anilines is 2. The molecule has 1 unspecified atom stereocenters. The van der Waals surface area contributed by atoms with E-state index in [1.807, 2.05) is 36.4 Å². The number of H-pyrrole nitrogens is 1. The number of amides is 1. The van der Waals surface area contributed by atoms with Gasteiger partial charge in [0, 0.05) is 49.1 Å². The highest BCUT2D eigenvalue weighted by Crippen LogP contribution is 2.26. The molecule has 1 amide bonds. The van der Waals surface area contributed by atoms with Gasteiger partial charge < -0.3 is 24.4 Å². The van der Waals surface area contributed by atoms with Gasteiger partial charge in [0.05, 0.1) is 14.2 Å². The normalized spacial score (nSPS) is 17.7. The lowest BCUT2D eigenvalue weighted by Gasteiger charge is -2.38. The molecule has 0 bridgehead atoms. The van der Waals surface area contributed by atoms with E-state index >= 15 is 0 Å². The molecule has 9 nitrogen and oxygen atoms in total. The van der Waals surface area contributed by atoms with Crippen LogP contribution in [0.1, 0.15) is 28.8 Å². The lowest BCUT2D eigenvalue weighted by atomic mass is 10.1. The summed E-state index contributed by atoms with van der Waals surface area (Å²) < 4.78 is 16.3. The summed E-state index contributed by atoms with van der Waals surface area (Å²) in [6, 6.07) is 15.7. The molecule has 184 valence electrons. The number of piperazine rings is 1. The van der Waals surface area contributed by atoms with Gasteiger partial charge in [-0.25, -0.2) is 0 Å². The number of aromatic amines is 1. The van der Waals surface area contributed by atoms with E-state index in [1.165, 1.54) is 25.1 Å². The monoisotopic (exact) mass is 477 g/mol. The Morgan fingerprint density at radius 1 is 1.06 bits per heavy atom. The molecular formula is C26H31N5O4. The SMILES string of the molecule is COc1cc(COc2cc(NC(=O)c3ccc(N4CCN5CCCC5C4)cc3)[nH]n2)cc(OC)c1. The standard InChI is InChI=1S/C26H31N5O4/c1-33-22-12-18(13-23(14-22)34-2)17-35-25-15-24(28-29-25)27-26(32)19-5-7-20(8-6-19)31-11-10-30-9-3-4-21(30)16-31/h5-8,12-15,21H,3-4,9-11,16-17H2,1-2H3,(H2,27,28,29,32). The zero-order valence-corrected chi connectivity index (χ0v) is 20.1. The number of benzene rings is 2. The quantitative estimate of drug-likeness (QED) is 0.513. The van der Waals surface area contributed by atoms with Gasteiger partial charge in [0.2, 0.25) is 5.88 Å². The van der Waals surface area contributed by atoms with E-state index in [0.29, 0.717) is 34.8 Å². The molecule has 1 atom stereocenters. The zero-order chi connectivity index (χ0) is 24.2. The molecule has 2 saturated heterocycles. The van der Waals surface area contributed by atoms with E-state index in [0.717, 1.165) is 25.2 Å². The largest absolute Gasteiger partial charge is 0.497 e. The number of nitrogens with zero attached hydrogens (tertiary/aromatic N) is 3. The second-order valence-corrected chi connectivity index (χ2v) is 8.91. The number of rotatable bonds is 8. The van der Waals surface area contributed by atoms with Gasteiger partial charge in [-0.3, -0.25) is 14.8 Å². The van der Waals surface area contributed by atoms with Crippen LogP contribution in [0.25, 0.3) is 0 Å². The lowest BCUT2D eigenvalue weighted by Crippen LogP contribution is -2.50. The Kier molecular flexibility index (Phi) is 6.76. The minimum atomic E-state index is -0.204. The smallest absolute Gasteiger partial charge is 0.256 e. The summed E-state index contributed by atoms with van der Waals surface area (Å²) in [7, 11) is 3.21. The van der Waals surface area contributed by atoms with Crippen molar-refractivity contribution in [1.82, 2.24) is 15.1 Å². The van der Waals surface area contributed by atoms with Crippen molar-refractivity contribution >= 4 is 17.4 Å². The van der Waals surface area contributed by atoms with Crippen LogP contribution in [-0.2, 0) is 6.61 Å².